The van der Waals surface area contributed by atoms with E-state index in [1.807, 2.05) is 6.92 Å². The van der Waals surface area contributed by atoms with Gasteiger partial charge in [0.2, 0.25) is 5.13 Å². The monoisotopic (exact) mass is 471 g/mol. The van der Waals surface area contributed by atoms with E-state index in [9.17, 15) is 13.2 Å². The number of anilines is 2. The van der Waals surface area contributed by atoms with Crippen molar-refractivity contribution in [3.05, 3.63) is 34.8 Å². The predicted octanol–water partition coefficient (Wildman–Crippen LogP) is 3.48. The van der Waals surface area contributed by atoms with Gasteiger partial charge in [-0.15, -0.1) is 10.2 Å². The Morgan fingerprint density at radius 1 is 1.17 bits per heavy atom. The Kier molecular flexibility index (Phi) is 6.72. The lowest BCUT2D eigenvalue weighted by Crippen LogP contribution is -2.12. The first-order chi connectivity index (χ1) is 13.8. The normalized spacial score (nSPS) is 11.3. The van der Waals surface area contributed by atoms with Gasteiger partial charge in [0, 0.05) is 0 Å². The molecule has 0 saturated carbocycles. The summed E-state index contributed by atoms with van der Waals surface area (Å²) in [7, 11) is -2.34. The van der Waals surface area contributed by atoms with Crippen LogP contribution in [0.25, 0.3) is 0 Å². The number of nitrogens with zero attached hydrogens (tertiary/aromatic N) is 3. The zero-order chi connectivity index (χ0) is 21.0. The topological polar surface area (TPSA) is 123 Å². The van der Waals surface area contributed by atoms with Gasteiger partial charge in [-0.05, 0) is 36.9 Å². The van der Waals surface area contributed by atoms with E-state index in [0.717, 1.165) is 21.4 Å². The van der Waals surface area contributed by atoms with Crippen molar-refractivity contribution in [1.29, 1.82) is 0 Å². The van der Waals surface area contributed by atoms with Crippen molar-refractivity contribution in [2.75, 3.05) is 22.9 Å². The minimum atomic E-state index is -3.84. The second kappa shape index (κ2) is 9.07. The van der Waals surface area contributed by atoms with Gasteiger partial charge in [-0.3, -0.25) is 14.8 Å². The summed E-state index contributed by atoms with van der Waals surface area (Å²) in [6.45, 7) is 3.63. The van der Waals surface area contributed by atoms with Gasteiger partial charge >= 0.3 is 0 Å². The van der Waals surface area contributed by atoms with E-state index in [1.165, 1.54) is 42.3 Å². The molecule has 0 aliphatic carbocycles. The van der Waals surface area contributed by atoms with Crippen LogP contribution in [0.1, 0.15) is 22.3 Å². The fourth-order valence-corrected chi connectivity index (χ4v) is 5.92. The Labute approximate surface area is 180 Å². The highest BCUT2D eigenvalue weighted by Crippen LogP contribution is 2.28. The van der Waals surface area contributed by atoms with Crippen molar-refractivity contribution in [3.63, 3.8) is 0 Å². The lowest BCUT2D eigenvalue weighted by atomic mass is 10.3. The number of ether oxygens (including phenoxy) is 1. The van der Waals surface area contributed by atoms with E-state index in [-0.39, 0.29) is 14.9 Å². The van der Waals surface area contributed by atoms with Crippen LogP contribution >= 0.6 is 34.4 Å². The van der Waals surface area contributed by atoms with Crippen LogP contribution in [-0.4, -0.2) is 42.4 Å². The van der Waals surface area contributed by atoms with Gasteiger partial charge in [-0.2, -0.15) is 0 Å². The molecule has 1 aromatic carbocycles. The number of hydrogen-bond acceptors (Lipinski definition) is 10. The van der Waals surface area contributed by atoms with Crippen LogP contribution in [0.4, 0.5) is 10.3 Å². The fourth-order valence-electron chi connectivity index (χ4n) is 2.18. The van der Waals surface area contributed by atoms with Gasteiger partial charge in [0.1, 0.15) is 10.6 Å². The molecular weight excluding hydrogens is 454 g/mol. The number of hydrogen-bond donors (Lipinski definition) is 2. The Bertz CT molecular complexity index is 1110. The van der Waals surface area contributed by atoms with E-state index in [1.54, 1.807) is 19.1 Å². The molecule has 13 heteroatoms. The van der Waals surface area contributed by atoms with Gasteiger partial charge in [0.25, 0.3) is 15.9 Å². The maximum Gasteiger partial charge on any atom is 0.269 e. The standard InChI is InChI=1S/C16H17N5O4S4/c1-4-26-16-20-19-14(28-16)18-13(22)12-9(2)17-15(27-12)21-29(23,24)11-7-5-10(25-3)6-8-11/h5-8H,4H2,1-3H3,(H,17,21)(H,18,19,22). The first-order valence-corrected chi connectivity index (χ1v) is 12.3. The van der Waals surface area contributed by atoms with E-state index in [2.05, 4.69) is 25.2 Å². The predicted molar refractivity (Wildman–Crippen MR) is 115 cm³/mol. The van der Waals surface area contributed by atoms with Crippen molar-refractivity contribution >= 4 is 60.6 Å². The van der Waals surface area contributed by atoms with E-state index in [0.29, 0.717) is 16.6 Å². The summed E-state index contributed by atoms with van der Waals surface area (Å²) in [6.07, 6.45) is 0. The molecule has 0 aliphatic heterocycles. The molecular formula is C16H17N5O4S4. The molecule has 1 amide bonds. The van der Waals surface area contributed by atoms with Gasteiger partial charge in [0.05, 0.1) is 17.7 Å². The number of sulfonamides is 1. The van der Waals surface area contributed by atoms with E-state index >= 15 is 0 Å². The number of benzene rings is 1. The molecule has 0 saturated heterocycles. The van der Waals surface area contributed by atoms with Crippen molar-refractivity contribution in [2.45, 2.75) is 23.1 Å². The lowest BCUT2D eigenvalue weighted by molar-refractivity contribution is 0.102. The molecule has 0 bridgehead atoms. The third kappa shape index (κ3) is 5.23. The minimum absolute atomic E-state index is 0.0620. The van der Waals surface area contributed by atoms with Crippen molar-refractivity contribution in [2.24, 2.45) is 0 Å². The summed E-state index contributed by atoms with van der Waals surface area (Å²) >= 11 is 3.75. The van der Waals surface area contributed by atoms with Crippen LogP contribution in [0, 0.1) is 6.92 Å². The van der Waals surface area contributed by atoms with Gasteiger partial charge in [-0.25, -0.2) is 13.4 Å². The molecule has 0 fully saturated rings. The Balaban J connectivity index is 1.73. The number of aromatic nitrogens is 3. The zero-order valence-corrected chi connectivity index (χ0v) is 18.9. The maximum atomic E-state index is 12.5. The summed E-state index contributed by atoms with van der Waals surface area (Å²) in [4.78, 5) is 17.0. The first-order valence-electron chi connectivity index (χ1n) is 8.24. The molecule has 3 aromatic rings. The number of methoxy groups -OCH3 is 1. The quantitative estimate of drug-likeness (QED) is 0.378. The maximum absolute atomic E-state index is 12.5. The van der Waals surface area contributed by atoms with Crippen LogP contribution in [0.3, 0.4) is 0 Å². The van der Waals surface area contributed by atoms with Crippen LogP contribution < -0.4 is 14.8 Å². The molecule has 0 spiro atoms. The summed E-state index contributed by atoms with van der Waals surface area (Å²) in [5.41, 5.74) is 0.410. The lowest BCUT2D eigenvalue weighted by Gasteiger charge is -2.06. The summed E-state index contributed by atoms with van der Waals surface area (Å²) in [5.74, 6) is 0.984. The third-order valence-corrected chi connectivity index (χ3v) is 7.90. The van der Waals surface area contributed by atoms with Crippen molar-refractivity contribution in [1.82, 2.24) is 15.2 Å². The first kappa shape index (κ1) is 21.5. The molecule has 29 heavy (non-hydrogen) atoms. The Morgan fingerprint density at radius 3 is 2.55 bits per heavy atom. The van der Waals surface area contributed by atoms with Crippen LogP contribution in [0.15, 0.2) is 33.5 Å². The van der Waals surface area contributed by atoms with Crippen LogP contribution in [0.5, 0.6) is 5.75 Å². The average molecular weight is 472 g/mol. The molecule has 0 atom stereocenters. The molecule has 3 rings (SSSR count). The molecule has 0 aliphatic rings. The van der Waals surface area contributed by atoms with E-state index in [4.69, 9.17) is 4.74 Å². The third-order valence-electron chi connectivity index (χ3n) is 3.49. The summed E-state index contributed by atoms with van der Waals surface area (Å²) in [6, 6.07) is 5.95. The number of rotatable bonds is 8. The number of carbonyl (C=O) groups is 1. The molecule has 0 unspecified atom stereocenters. The molecule has 0 radical (unpaired) electrons. The zero-order valence-electron chi connectivity index (χ0n) is 15.6. The molecule has 9 nitrogen and oxygen atoms in total. The highest BCUT2D eigenvalue weighted by atomic mass is 32.2. The summed E-state index contributed by atoms with van der Waals surface area (Å²) < 4.78 is 33.3. The molecule has 2 N–H and O–H groups in total. The van der Waals surface area contributed by atoms with Gasteiger partial charge in [0.15, 0.2) is 9.47 Å². The second-order valence-electron chi connectivity index (χ2n) is 5.47. The SMILES string of the molecule is CCSc1nnc(NC(=O)c2sc(NS(=O)(=O)c3ccc(OC)cc3)nc2C)s1. The molecule has 2 aromatic heterocycles. The number of aryl methyl sites for hydroxylation is 1. The second-order valence-corrected chi connectivity index (χ2v) is 10.6. The Hall–Kier alpha value is -2.22. The minimum Gasteiger partial charge on any atom is -0.497 e. The van der Waals surface area contributed by atoms with Gasteiger partial charge < -0.3 is 4.74 Å². The smallest absolute Gasteiger partial charge is 0.269 e. The molecule has 154 valence electrons. The van der Waals surface area contributed by atoms with Crippen molar-refractivity contribution < 1.29 is 17.9 Å². The highest BCUT2D eigenvalue weighted by molar-refractivity contribution is 8.01. The number of carbonyl (C=O) groups excluding carboxylic acids is 1. The van der Waals surface area contributed by atoms with E-state index < -0.39 is 15.9 Å². The van der Waals surface area contributed by atoms with Crippen LogP contribution in [0.2, 0.25) is 0 Å². The fraction of sp³-hybridized carbons (Fsp3) is 0.250. The number of nitrogens with one attached hydrogen (secondary N) is 2. The van der Waals surface area contributed by atoms with Gasteiger partial charge in [-0.1, -0.05) is 41.4 Å². The molecule has 2 heterocycles. The largest absolute Gasteiger partial charge is 0.497 e. The summed E-state index contributed by atoms with van der Waals surface area (Å²) in [5, 5.41) is 11.1. The number of thiazole rings is 1. The number of amides is 1. The Morgan fingerprint density at radius 2 is 1.90 bits per heavy atom. The van der Waals surface area contributed by atoms with Crippen molar-refractivity contribution in [3.8, 4) is 5.75 Å². The highest BCUT2D eigenvalue weighted by Gasteiger charge is 2.21. The number of thioether (sulfide) groups is 1. The average Bonchev–Trinajstić information content (AvgIpc) is 3.27. The van der Waals surface area contributed by atoms with Crippen LogP contribution in [-0.2, 0) is 10.0 Å².